The highest BCUT2D eigenvalue weighted by atomic mass is 16.2. The number of amides is 1. The molecule has 0 unspecified atom stereocenters. The van der Waals surface area contributed by atoms with Crippen molar-refractivity contribution in [1.29, 1.82) is 5.26 Å². The lowest BCUT2D eigenvalue weighted by Crippen LogP contribution is -2.24. The molecule has 0 saturated heterocycles. The summed E-state index contributed by atoms with van der Waals surface area (Å²) in [6.07, 6.45) is 3.32. The number of aromatic amines is 1. The molecule has 3 heterocycles. The van der Waals surface area contributed by atoms with E-state index >= 15 is 0 Å². The molecule has 0 saturated carbocycles. The van der Waals surface area contributed by atoms with Crippen molar-refractivity contribution < 1.29 is 4.79 Å². The van der Waals surface area contributed by atoms with Crippen molar-refractivity contribution >= 4 is 11.6 Å². The molecule has 0 aromatic carbocycles. The van der Waals surface area contributed by atoms with Gasteiger partial charge < -0.3 is 9.47 Å². The second kappa shape index (κ2) is 7.00. The van der Waals surface area contributed by atoms with E-state index in [1.165, 1.54) is 15.6 Å². The number of H-pyrrole nitrogens is 1. The first-order chi connectivity index (χ1) is 13.2. The topological polar surface area (TPSA) is 99.2 Å². The molecule has 146 valence electrons. The number of carbonyl (C=O) groups excluding carboxylic acids is 1. The van der Waals surface area contributed by atoms with Crippen molar-refractivity contribution in [2.75, 3.05) is 14.1 Å². The van der Waals surface area contributed by atoms with Gasteiger partial charge in [0.15, 0.2) is 5.65 Å². The Bertz CT molecular complexity index is 1150. The number of hydrogen-bond acceptors (Lipinski definition) is 4. The third kappa shape index (κ3) is 2.99. The third-order valence-corrected chi connectivity index (χ3v) is 4.70. The van der Waals surface area contributed by atoms with Crippen molar-refractivity contribution in [3.63, 3.8) is 0 Å². The molecule has 3 rings (SSSR count). The number of fused-ring (bicyclic) bond motifs is 1. The second-order valence-electron chi connectivity index (χ2n) is 7.61. The van der Waals surface area contributed by atoms with E-state index in [2.05, 4.69) is 16.2 Å². The molecule has 0 atom stereocenters. The normalized spacial score (nSPS) is 11.4. The van der Waals surface area contributed by atoms with Crippen LogP contribution >= 0.6 is 0 Å². The maximum atomic E-state index is 13.1. The number of nitrogens with one attached hydrogen (secondary N) is 1. The Hall–Kier alpha value is -3.34. The van der Waals surface area contributed by atoms with E-state index < -0.39 is 0 Å². The van der Waals surface area contributed by atoms with Crippen LogP contribution in [0.4, 0.5) is 0 Å². The summed E-state index contributed by atoms with van der Waals surface area (Å²) in [6.45, 7) is 7.83. The molecule has 8 nitrogen and oxygen atoms in total. The molecule has 0 radical (unpaired) electrons. The minimum Gasteiger partial charge on any atom is -0.343 e. The SMILES string of the molecule is CC(C)c1c(-c2cc(C(=O)N(C)C)n(C(C)C)c2)nc2c(C#N)c[nH]n2c1=O. The van der Waals surface area contributed by atoms with Crippen molar-refractivity contribution in [2.45, 2.75) is 39.7 Å². The number of hydrogen-bond donors (Lipinski definition) is 1. The minimum absolute atomic E-state index is 0.0573. The molecular weight excluding hydrogens is 356 g/mol. The predicted molar refractivity (Wildman–Crippen MR) is 106 cm³/mol. The molecule has 1 N–H and O–H groups in total. The molecule has 1 amide bonds. The van der Waals surface area contributed by atoms with Gasteiger partial charge in [-0.3, -0.25) is 14.7 Å². The maximum Gasteiger partial charge on any atom is 0.276 e. The van der Waals surface area contributed by atoms with Crippen LogP contribution in [0.2, 0.25) is 0 Å². The molecule has 0 aliphatic carbocycles. The van der Waals surface area contributed by atoms with Gasteiger partial charge in [-0.05, 0) is 25.8 Å². The fraction of sp³-hybridized carbons (Fsp3) is 0.400. The van der Waals surface area contributed by atoms with Crippen molar-refractivity contribution in [1.82, 2.24) is 24.1 Å². The van der Waals surface area contributed by atoms with Gasteiger partial charge in [-0.15, -0.1) is 0 Å². The molecular formula is C20H24N6O2. The summed E-state index contributed by atoms with van der Waals surface area (Å²) < 4.78 is 3.18. The van der Waals surface area contributed by atoms with Gasteiger partial charge in [0.1, 0.15) is 17.3 Å². The Morgan fingerprint density at radius 3 is 2.50 bits per heavy atom. The van der Waals surface area contributed by atoms with Gasteiger partial charge >= 0.3 is 0 Å². The summed E-state index contributed by atoms with van der Waals surface area (Å²) in [5.74, 6) is -0.209. The third-order valence-electron chi connectivity index (χ3n) is 4.70. The summed E-state index contributed by atoms with van der Waals surface area (Å²) >= 11 is 0. The van der Waals surface area contributed by atoms with Crippen molar-refractivity contribution in [2.24, 2.45) is 0 Å². The average molecular weight is 380 g/mol. The number of nitriles is 1. The number of aromatic nitrogens is 4. The summed E-state index contributed by atoms with van der Waals surface area (Å²) in [4.78, 5) is 31.9. The molecule has 28 heavy (non-hydrogen) atoms. The van der Waals surface area contributed by atoms with Gasteiger partial charge in [-0.25, -0.2) is 9.50 Å². The van der Waals surface area contributed by atoms with E-state index in [1.54, 1.807) is 20.2 Å². The summed E-state index contributed by atoms with van der Waals surface area (Å²) in [5, 5.41) is 12.1. The van der Waals surface area contributed by atoms with Crippen LogP contribution < -0.4 is 5.56 Å². The largest absolute Gasteiger partial charge is 0.343 e. The first-order valence-corrected chi connectivity index (χ1v) is 9.15. The average Bonchev–Trinajstić information content (AvgIpc) is 3.24. The first-order valence-electron chi connectivity index (χ1n) is 9.15. The van der Waals surface area contributed by atoms with Gasteiger partial charge in [-0.2, -0.15) is 5.26 Å². The lowest BCUT2D eigenvalue weighted by atomic mass is 9.99. The highest BCUT2D eigenvalue weighted by Crippen LogP contribution is 2.29. The van der Waals surface area contributed by atoms with Gasteiger partial charge in [0.25, 0.3) is 11.5 Å². The van der Waals surface area contributed by atoms with Crippen LogP contribution in [0.3, 0.4) is 0 Å². The maximum absolute atomic E-state index is 13.1. The van der Waals surface area contributed by atoms with Gasteiger partial charge in [0, 0.05) is 43.7 Å². The van der Waals surface area contributed by atoms with Crippen LogP contribution in [-0.4, -0.2) is 44.1 Å². The van der Waals surface area contributed by atoms with Crippen LogP contribution in [0, 0.1) is 11.3 Å². The van der Waals surface area contributed by atoms with Gasteiger partial charge in [0.2, 0.25) is 0 Å². The quantitative estimate of drug-likeness (QED) is 0.752. The Morgan fingerprint density at radius 1 is 1.29 bits per heavy atom. The van der Waals surface area contributed by atoms with Crippen molar-refractivity contribution in [3.8, 4) is 17.3 Å². The molecule has 0 fully saturated rings. The lowest BCUT2D eigenvalue weighted by Gasteiger charge is -2.15. The standard InChI is InChI=1S/C20H24N6O2/c1-11(2)16-17(23-18-14(8-21)9-22-26(18)20(16)28)13-7-15(19(27)24(5)6)25(10-13)12(3)4/h7,9-12,22H,1-6H3. The molecule has 8 heteroatoms. The van der Waals surface area contributed by atoms with E-state index in [-0.39, 0.29) is 29.1 Å². The Balaban J connectivity index is 2.36. The number of nitrogens with zero attached hydrogens (tertiary/aromatic N) is 5. The zero-order valence-corrected chi connectivity index (χ0v) is 16.9. The molecule has 0 bridgehead atoms. The van der Waals surface area contributed by atoms with E-state index in [9.17, 15) is 14.9 Å². The molecule has 0 aliphatic heterocycles. The van der Waals surface area contributed by atoms with Crippen LogP contribution in [0.1, 0.15) is 61.3 Å². The smallest absolute Gasteiger partial charge is 0.276 e. The van der Waals surface area contributed by atoms with Crippen LogP contribution in [0.25, 0.3) is 16.9 Å². The van der Waals surface area contributed by atoms with Crippen LogP contribution in [0.15, 0.2) is 23.3 Å². The summed E-state index contributed by atoms with van der Waals surface area (Å²) in [6, 6.07) is 3.88. The molecule has 3 aromatic heterocycles. The Labute approximate surface area is 163 Å². The van der Waals surface area contributed by atoms with E-state index in [0.29, 0.717) is 28.1 Å². The highest BCUT2D eigenvalue weighted by Gasteiger charge is 2.24. The summed E-state index contributed by atoms with van der Waals surface area (Å²) in [7, 11) is 3.41. The Morgan fingerprint density at radius 2 is 1.96 bits per heavy atom. The van der Waals surface area contributed by atoms with Crippen LogP contribution in [-0.2, 0) is 0 Å². The summed E-state index contributed by atoms with van der Waals surface area (Å²) in [5.41, 5.74) is 2.59. The van der Waals surface area contributed by atoms with E-state index in [0.717, 1.165) is 0 Å². The predicted octanol–water partition coefficient (Wildman–Crippen LogP) is 2.77. The first kappa shape index (κ1) is 19.4. The van der Waals surface area contributed by atoms with E-state index in [1.807, 2.05) is 38.5 Å². The van der Waals surface area contributed by atoms with Gasteiger partial charge in [0.05, 0.1) is 5.69 Å². The lowest BCUT2D eigenvalue weighted by molar-refractivity contribution is 0.0815. The zero-order chi connectivity index (χ0) is 20.7. The monoisotopic (exact) mass is 380 g/mol. The fourth-order valence-corrected chi connectivity index (χ4v) is 3.29. The van der Waals surface area contributed by atoms with Crippen LogP contribution in [0.5, 0.6) is 0 Å². The van der Waals surface area contributed by atoms with E-state index in [4.69, 9.17) is 0 Å². The minimum atomic E-state index is -0.241. The molecule has 3 aromatic rings. The highest BCUT2D eigenvalue weighted by molar-refractivity contribution is 5.94. The second-order valence-corrected chi connectivity index (χ2v) is 7.61. The fourth-order valence-electron chi connectivity index (χ4n) is 3.29. The number of rotatable bonds is 4. The number of carbonyl (C=O) groups is 1. The Kier molecular flexibility index (Phi) is 4.86. The van der Waals surface area contributed by atoms with Gasteiger partial charge in [-0.1, -0.05) is 13.8 Å². The van der Waals surface area contributed by atoms with Crippen molar-refractivity contribution in [3.05, 3.63) is 45.6 Å². The molecule has 0 spiro atoms. The zero-order valence-electron chi connectivity index (χ0n) is 16.9. The molecule has 0 aliphatic rings.